The van der Waals surface area contributed by atoms with Crippen molar-refractivity contribution < 1.29 is 14.6 Å². The third-order valence-corrected chi connectivity index (χ3v) is 2.18. The van der Waals surface area contributed by atoms with Gasteiger partial charge in [0.15, 0.2) is 0 Å². The Balaban J connectivity index is 3.64. The fourth-order valence-corrected chi connectivity index (χ4v) is 1.19. The first-order valence-electron chi connectivity index (χ1n) is 5.35. The molecule has 90 valence electrons. The lowest BCUT2D eigenvalue weighted by molar-refractivity contribution is 0.0659. The second-order valence-corrected chi connectivity index (χ2v) is 3.48. The van der Waals surface area contributed by atoms with Crippen LogP contribution in [-0.4, -0.2) is 43.5 Å². The number of aliphatic hydroxyl groups excluding tert-OH is 1. The van der Waals surface area contributed by atoms with Crippen molar-refractivity contribution >= 4 is 6.03 Å². The Hall–Kier alpha value is -0.810. The van der Waals surface area contributed by atoms with Crippen LogP contribution in [0.25, 0.3) is 0 Å². The summed E-state index contributed by atoms with van der Waals surface area (Å²) < 4.78 is 4.74. The number of amides is 2. The SMILES string of the molecule is CCC(CC)NC(=O)NCC(O)COC. The van der Waals surface area contributed by atoms with Gasteiger partial charge in [0.05, 0.1) is 12.7 Å². The van der Waals surface area contributed by atoms with Crippen molar-refractivity contribution in [3.8, 4) is 0 Å². The molecule has 0 radical (unpaired) electrons. The van der Waals surface area contributed by atoms with Crippen molar-refractivity contribution in [1.82, 2.24) is 10.6 Å². The molecule has 1 unspecified atom stereocenters. The normalized spacial score (nSPS) is 12.6. The molecule has 0 heterocycles. The molecule has 0 aromatic heterocycles. The topological polar surface area (TPSA) is 70.6 Å². The minimum Gasteiger partial charge on any atom is -0.389 e. The van der Waals surface area contributed by atoms with E-state index in [9.17, 15) is 9.90 Å². The van der Waals surface area contributed by atoms with E-state index in [0.29, 0.717) is 0 Å². The maximum absolute atomic E-state index is 11.3. The van der Waals surface area contributed by atoms with Gasteiger partial charge in [-0.25, -0.2) is 4.79 Å². The summed E-state index contributed by atoms with van der Waals surface area (Å²) >= 11 is 0. The molecule has 15 heavy (non-hydrogen) atoms. The van der Waals surface area contributed by atoms with Crippen LogP contribution in [0.3, 0.4) is 0 Å². The van der Waals surface area contributed by atoms with Crippen LogP contribution in [0.1, 0.15) is 26.7 Å². The predicted molar refractivity (Wildman–Crippen MR) is 58.8 cm³/mol. The molecule has 0 aliphatic carbocycles. The minimum absolute atomic E-state index is 0.199. The summed E-state index contributed by atoms with van der Waals surface area (Å²) in [5.74, 6) is 0. The summed E-state index contributed by atoms with van der Waals surface area (Å²) in [6.07, 6.45) is 1.16. The average Bonchev–Trinajstić information content (AvgIpc) is 2.23. The maximum Gasteiger partial charge on any atom is 0.315 e. The van der Waals surface area contributed by atoms with Gasteiger partial charge >= 0.3 is 6.03 Å². The first-order chi connectivity index (χ1) is 7.13. The van der Waals surface area contributed by atoms with E-state index in [2.05, 4.69) is 10.6 Å². The molecule has 0 aliphatic rings. The molecule has 0 bridgehead atoms. The number of carbonyl (C=O) groups is 1. The van der Waals surface area contributed by atoms with E-state index in [4.69, 9.17) is 4.74 Å². The van der Waals surface area contributed by atoms with E-state index in [1.54, 1.807) is 0 Å². The molecule has 0 aliphatic heterocycles. The first kappa shape index (κ1) is 14.2. The van der Waals surface area contributed by atoms with E-state index < -0.39 is 6.10 Å². The lowest BCUT2D eigenvalue weighted by Gasteiger charge is -2.16. The molecule has 5 nitrogen and oxygen atoms in total. The Morgan fingerprint density at radius 2 is 2.00 bits per heavy atom. The van der Waals surface area contributed by atoms with Gasteiger partial charge in [0.25, 0.3) is 0 Å². The molecule has 0 fully saturated rings. The Labute approximate surface area is 91.2 Å². The second kappa shape index (κ2) is 8.49. The molecular weight excluding hydrogens is 196 g/mol. The fraction of sp³-hybridized carbons (Fsp3) is 0.900. The zero-order valence-electron chi connectivity index (χ0n) is 9.75. The van der Waals surface area contributed by atoms with E-state index in [1.807, 2.05) is 13.8 Å². The van der Waals surface area contributed by atoms with Crippen molar-refractivity contribution in [3.63, 3.8) is 0 Å². The van der Waals surface area contributed by atoms with E-state index >= 15 is 0 Å². The Morgan fingerprint density at radius 1 is 1.40 bits per heavy atom. The van der Waals surface area contributed by atoms with Gasteiger partial charge in [0.2, 0.25) is 0 Å². The Morgan fingerprint density at radius 3 is 2.47 bits per heavy atom. The average molecular weight is 218 g/mol. The van der Waals surface area contributed by atoms with Crippen molar-refractivity contribution in [2.24, 2.45) is 0 Å². The van der Waals surface area contributed by atoms with Gasteiger partial charge in [0, 0.05) is 19.7 Å². The third-order valence-electron chi connectivity index (χ3n) is 2.18. The largest absolute Gasteiger partial charge is 0.389 e. The maximum atomic E-state index is 11.3. The van der Waals surface area contributed by atoms with Crippen LogP contribution in [0, 0.1) is 0 Å². The zero-order valence-corrected chi connectivity index (χ0v) is 9.75. The number of methoxy groups -OCH3 is 1. The highest BCUT2D eigenvalue weighted by molar-refractivity contribution is 5.74. The quantitative estimate of drug-likeness (QED) is 0.582. The lowest BCUT2D eigenvalue weighted by Crippen LogP contribution is -2.44. The number of aliphatic hydroxyl groups is 1. The molecule has 0 spiro atoms. The van der Waals surface area contributed by atoms with Gasteiger partial charge in [-0.2, -0.15) is 0 Å². The molecule has 0 aromatic carbocycles. The van der Waals surface area contributed by atoms with Crippen LogP contribution in [0.5, 0.6) is 0 Å². The molecule has 0 rings (SSSR count). The molecular formula is C10H22N2O3. The van der Waals surface area contributed by atoms with Crippen LogP contribution < -0.4 is 10.6 Å². The third kappa shape index (κ3) is 7.16. The van der Waals surface area contributed by atoms with E-state index in [0.717, 1.165) is 12.8 Å². The minimum atomic E-state index is -0.651. The molecule has 1 atom stereocenters. The van der Waals surface area contributed by atoms with Gasteiger partial charge < -0.3 is 20.5 Å². The molecule has 2 amide bonds. The zero-order chi connectivity index (χ0) is 11.7. The summed E-state index contributed by atoms with van der Waals surface area (Å²) in [4.78, 5) is 11.3. The molecule has 0 aromatic rings. The summed E-state index contributed by atoms with van der Waals surface area (Å²) in [7, 11) is 1.51. The number of urea groups is 1. The van der Waals surface area contributed by atoms with Gasteiger partial charge in [-0.15, -0.1) is 0 Å². The molecule has 0 saturated carbocycles. The number of carbonyl (C=O) groups excluding carboxylic acids is 1. The summed E-state index contributed by atoms with van der Waals surface area (Å²) in [6, 6.07) is -0.0385. The lowest BCUT2D eigenvalue weighted by atomic mass is 10.2. The fourth-order valence-electron chi connectivity index (χ4n) is 1.19. The van der Waals surface area contributed by atoms with Crippen molar-refractivity contribution in [3.05, 3.63) is 0 Å². The monoisotopic (exact) mass is 218 g/mol. The van der Waals surface area contributed by atoms with Crippen molar-refractivity contribution in [2.45, 2.75) is 38.8 Å². The van der Waals surface area contributed by atoms with Crippen molar-refractivity contribution in [1.29, 1.82) is 0 Å². The van der Waals surface area contributed by atoms with Crippen LogP contribution >= 0.6 is 0 Å². The number of hydrogen-bond donors (Lipinski definition) is 3. The van der Waals surface area contributed by atoms with Gasteiger partial charge in [-0.3, -0.25) is 0 Å². The van der Waals surface area contributed by atoms with E-state index in [-0.39, 0.29) is 25.2 Å². The summed E-state index contributed by atoms with van der Waals surface area (Å²) in [5.41, 5.74) is 0. The summed E-state index contributed by atoms with van der Waals surface area (Å²) in [6.45, 7) is 4.48. The highest BCUT2D eigenvalue weighted by Crippen LogP contribution is 1.95. The van der Waals surface area contributed by atoms with Gasteiger partial charge in [0.1, 0.15) is 0 Å². The second-order valence-electron chi connectivity index (χ2n) is 3.48. The number of hydrogen-bond acceptors (Lipinski definition) is 3. The number of rotatable bonds is 7. The Kier molecular flexibility index (Phi) is 8.04. The molecule has 0 saturated heterocycles. The van der Waals surface area contributed by atoms with Crippen LogP contribution in [0.4, 0.5) is 4.79 Å². The van der Waals surface area contributed by atoms with Crippen molar-refractivity contribution in [2.75, 3.05) is 20.3 Å². The smallest absolute Gasteiger partial charge is 0.315 e. The van der Waals surface area contributed by atoms with Crippen LogP contribution in [0.15, 0.2) is 0 Å². The first-order valence-corrected chi connectivity index (χ1v) is 5.35. The van der Waals surface area contributed by atoms with Gasteiger partial charge in [-0.05, 0) is 12.8 Å². The van der Waals surface area contributed by atoms with Crippen LogP contribution in [-0.2, 0) is 4.74 Å². The Bertz CT molecular complexity index is 172. The standard InChI is InChI=1S/C10H22N2O3/c1-4-8(5-2)12-10(14)11-6-9(13)7-15-3/h8-9,13H,4-7H2,1-3H3,(H2,11,12,14). The number of nitrogens with one attached hydrogen (secondary N) is 2. The van der Waals surface area contributed by atoms with E-state index in [1.165, 1.54) is 7.11 Å². The van der Waals surface area contributed by atoms with Gasteiger partial charge in [-0.1, -0.05) is 13.8 Å². The van der Waals surface area contributed by atoms with Crippen LogP contribution in [0.2, 0.25) is 0 Å². The highest BCUT2D eigenvalue weighted by Gasteiger charge is 2.09. The molecule has 5 heteroatoms. The highest BCUT2D eigenvalue weighted by atomic mass is 16.5. The number of ether oxygens (including phenoxy) is 1. The molecule has 3 N–H and O–H groups in total. The summed E-state index contributed by atoms with van der Waals surface area (Å²) in [5, 5.41) is 14.7. The predicted octanol–water partition coefficient (Wildman–Crippen LogP) is 0.481.